The van der Waals surface area contributed by atoms with Gasteiger partial charge in [0.15, 0.2) is 0 Å². The number of rotatable bonds is 6. The molecule has 102 valence electrons. The number of methoxy groups -OCH3 is 3. The van der Waals surface area contributed by atoms with Gasteiger partial charge >= 0.3 is 0 Å². The first-order valence-electron chi connectivity index (χ1n) is 6.06. The van der Waals surface area contributed by atoms with Crippen molar-refractivity contribution in [1.82, 2.24) is 5.32 Å². The summed E-state index contributed by atoms with van der Waals surface area (Å²) in [6, 6.07) is 3.93. The van der Waals surface area contributed by atoms with E-state index in [0.29, 0.717) is 5.92 Å². The van der Waals surface area contributed by atoms with Gasteiger partial charge in [-0.2, -0.15) is 0 Å². The van der Waals surface area contributed by atoms with Gasteiger partial charge in [-0.3, -0.25) is 0 Å². The van der Waals surface area contributed by atoms with Crippen LogP contribution < -0.4 is 19.5 Å². The molecule has 1 N–H and O–H groups in total. The predicted octanol–water partition coefficient (Wildman–Crippen LogP) is 2.63. The van der Waals surface area contributed by atoms with E-state index in [4.69, 9.17) is 14.2 Å². The van der Waals surface area contributed by atoms with Gasteiger partial charge in [0.1, 0.15) is 17.2 Å². The Labute approximate surface area is 109 Å². The van der Waals surface area contributed by atoms with Crippen LogP contribution in [-0.4, -0.2) is 28.4 Å². The van der Waals surface area contributed by atoms with Crippen molar-refractivity contribution >= 4 is 0 Å². The zero-order valence-electron chi connectivity index (χ0n) is 12.0. The van der Waals surface area contributed by atoms with Crippen LogP contribution in [0.25, 0.3) is 0 Å². The molecule has 0 aliphatic heterocycles. The monoisotopic (exact) mass is 253 g/mol. The van der Waals surface area contributed by atoms with Crippen LogP contribution >= 0.6 is 0 Å². The second kappa shape index (κ2) is 6.50. The summed E-state index contributed by atoms with van der Waals surface area (Å²) in [5.74, 6) is 2.70. The van der Waals surface area contributed by atoms with Gasteiger partial charge in [-0.05, 0) is 13.0 Å². The van der Waals surface area contributed by atoms with Gasteiger partial charge in [0.2, 0.25) is 0 Å². The molecule has 0 saturated carbocycles. The molecule has 4 heteroatoms. The Hall–Kier alpha value is -1.42. The molecule has 1 atom stereocenters. The van der Waals surface area contributed by atoms with Crippen LogP contribution in [0.1, 0.15) is 25.5 Å². The van der Waals surface area contributed by atoms with Gasteiger partial charge in [0.05, 0.1) is 26.9 Å². The van der Waals surface area contributed by atoms with Crippen LogP contribution in [0.3, 0.4) is 0 Å². The van der Waals surface area contributed by atoms with Crippen LogP contribution in [-0.2, 0) is 0 Å². The fraction of sp³-hybridized carbons (Fsp3) is 0.571. The second-order valence-electron chi connectivity index (χ2n) is 4.46. The summed E-state index contributed by atoms with van der Waals surface area (Å²) >= 11 is 0. The summed E-state index contributed by atoms with van der Waals surface area (Å²) in [4.78, 5) is 0. The molecular formula is C14H23NO3. The molecule has 0 saturated heterocycles. The smallest absolute Gasteiger partial charge is 0.131 e. The topological polar surface area (TPSA) is 39.7 Å². The highest BCUT2D eigenvalue weighted by Gasteiger charge is 2.23. The van der Waals surface area contributed by atoms with Crippen molar-refractivity contribution in [3.05, 3.63) is 17.7 Å². The van der Waals surface area contributed by atoms with Crippen LogP contribution in [0.5, 0.6) is 17.2 Å². The Morgan fingerprint density at radius 2 is 1.44 bits per heavy atom. The molecule has 0 amide bonds. The molecule has 1 rings (SSSR count). The lowest BCUT2D eigenvalue weighted by Crippen LogP contribution is -2.23. The molecule has 0 aromatic heterocycles. The van der Waals surface area contributed by atoms with E-state index >= 15 is 0 Å². The minimum atomic E-state index is 0.167. The zero-order valence-corrected chi connectivity index (χ0v) is 12.0. The number of nitrogens with one attached hydrogen (secondary N) is 1. The van der Waals surface area contributed by atoms with E-state index in [2.05, 4.69) is 19.2 Å². The van der Waals surface area contributed by atoms with Crippen LogP contribution in [0, 0.1) is 5.92 Å². The normalized spacial score (nSPS) is 12.4. The van der Waals surface area contributed by atoms with E-state index < -0.39 is 0 Å². The molecule has 0 fully saturated rings. The van der Waals surface area contributed by atoms with Crippen molar-refractivity contribution in [2.24, 2.45) is 5.92 Å². The largest absolute Gasteiger partial charge is 0.496 e. The van der Waals surface area contributed by atoms with Crippen molar-refractivity contribution in [3.8, 4) is 17.2 Å². The highest BCUT2D eigenvalue weighted by Crippen LogP contribution is 2.40. The number of benzene rings is 1. The maximum Gasteiger partial charge on any atom is 0.131 e. The Morgan fingerprint density at radius 3 is 1.72 bits per heavy atom. The number of ether oxygens (including phenoxy) is 3. The quantitative estimate of drug-likeness (QED) is 0.846. The number of hydrogen-bond donors (Lipinski definition) is 1. The summed E-state index contributed by atoms with van der Waals surface area (Å²) < 4.78 is 16.2. The minimum absolute atomic E-state index is 0.167. The van der Waals surface area contributed by atoms with Gasteiger partial charge in [-0.1, -0.05) is 13.8 Å². The van der Waals surface area contributed by atoms with Gasteiger partial charge in [0, 0.05) is 18.2 Å². The third-order valence-electron chi connectivity index (χ3n) is 3.04. The highest BCUT2D eigenvalue weighted by atomic mass is 16.5. The molecular weight excluding hydrogens is 230 g/mol. The second-order valence-corrected chi connectivity index (χ2v) is 4.46. The Bertz CT molecular complexity index is 366. The lowest BCUT2D eigenvalue weighted by Gasteiger charge is -2.25. The van der Waals surface area contributed by atoms with Crippen LogP contribution in [0.2, 0.25) is 0 Å². The lowest BCUT2D eigenvalue weighted by molar-refractivity contribution is 0.344. The maximum atomic E-state index is 5.46. The predicted molar refractivity (Wildman–Crippen MR) is 72.7 cm³/mol. The molecule has 1 aromatic carbocycles. The van der Waals surface area contributed by atoms with E-state index in [9.17, 15) is 0 Å². The summed E-state index contributed by atoms with van der Waals surface area (Å²) in [7, 11) is 6.88. The molecule has 0 radical (unpaired) electrons. The van der Waals surface area contributed by atoms with Crippen LogP contribution in [0.15, 0.2) is 12.1 Å². The van der Waals surface area contributed by atoms with E-state index in [1.165, 1.54) is 0 Å². The van der Waals surface area contributed by atoms with Gasteiger partial charge in [-0.15, -0.1) is 0 Å². The van der Waals surface area contributed by atoms with Crippen molar-refractivity contribution in [2.75, 3.05) is 28.4 Å². The van der Waals surface area contributed by atoms with Gasteiger partial charge in [-0.25, -0.2) is 0 Å². The highest BCUT2D eigenvalue weighted by molar-refractivity contribution is 5.52. The molecule has 0 heterocycles. The van der Waals surface area contributed by atoms with Gasteiger partial charge < -0.3 is 19.5 Å². The molecule has 0 bridgehead atoms. The molecule has 4 nitrogen and oxygen atoms in total. The lowest BCUT2D eigenvalue weighted by atomic mass is 9.94. The van der Waals surface area contributed by atoms with Crippen molar-refractivity contribution in [2.45, 2.75) is 19.9 Å². The Morgan fingerprint density at radius 1 is 0.944 bits per heavy atom. The van der Waals surface area contributed by atoms with Crippen molar-refractivity contribution in [3.63, 3.8) is 0 Å². The molecule has 18 heavy (non-hydrogen) atoms. The van der Waals surface area contributed by atoms with E-state index in [-0.39, 0.29) is 6.04 Å². The first-order valence-corrected chi connectivity index (χ1v) is 6.06. The third kappa shape index (κ3) is 2.88. The zero-order chi connectivity index (χ0) is 13.7. The first kappa shape index (κ1) is 14.6. The average molecular weight is 253 g/mol. The van der Waals surface area contributed by atoms with E-state index in [0.717, 1.165) is 22.8 Å². The average Bonchev–Trinajstić information content (AvgIpc) is 2.38. The van der Waals surface area contributed by atoms with Crippen LogP contribution in [0.4, 0.5) is 0 Å². The van der Waals surface area contributed by atoms with E-state index in [1.54, 1.807) is 21.3 Å². The molecule has 0 aliphatic carbocycles. The molecule has 1 aromatic rings. The van der Waals surface area contributed by atoms with Crippen molar-refractivity contribution < 1.29 is 14.2 Å². The first-order chi connectivity index (χ1) is 8.58. The fourth-order valence-electron chi connectivity index (χ4n) is 2.15. The Kier molecular flexibility index (Phi) is 5.28. The SMILES string of the molecule is CNC(c1c(OC)cc(OC)cc1OC)C(C)C. The maximum absolute atomic E-state index is 5.46. The summed E-state index contributed by atoms with van der Waals surface area (Å²) in [6.07, 6.45) is 0. The summed E-state index contributed by atoms with van der Waals surface area (Å²) in [5, 5.41) is 3.30. The fourth-order valence-corrected chi connectivity index (χ4v) is 2.15. The molecule has 1 unspecified atom stereocenters. The van der Waals surface area contributed by atoms with Crippen molar-refractivity contribution in [1.29, 1.82) is 0 Å². The minimum Gasteiger partial charge on any atom is -0.496 e. The molecule has 0 spiro atoms. The number of hydrogen-bond acceptors (Lipinski definition) is 4. The summed E-state index contributed by atoms with van der Waals surface area (Å²) in [6.45, 7) is 4.31. The Balaban J connectivity index is 3.38. The van der Waals surface area contributed by atoms with E-state index in [1.807, 2.05) is 19.2 Å². The third-order valence-corrected chi connectivity index (χ3v) is 3.04. The molecule has 0 aliphatic rings. The summed E-state index contributed by atoms with van der Waals surface area (Å²) in [5.41, 5.74) is 1.03. The standard InChI is InChI=1S/C14H23NO3/c1-9(2)14(15-3)13-11(17-5)7-10(16-4)8-12(13)18-6/h7-9,14-15H,1-6H3. The van der Waals surface area contributed by atoms with Gasteiger partial charge in [0.25, 0.3) is 0 Å².